The van der Waals surface area contributed by atoms with Crippen LogP contribution in [0, 0.1) is 0 Å². The molecule has 0 unspecified atom stereocenters. The highest BCUT2D eigenvalue weighted by Crippen LogP contribution is 2.05. The SMILES string of the molecule is CCCCN(C)CC(=O)N1CCN(C(=O)OCC)CC1. The van der Waals surface area contributed by atoms with E-state index in [2.05, 4.69) is 11.8 Å². The third-order valence-electron chi connectivity index (χ3n) is 3.46. The molecule has 1 saturated heterocycles. The Hall–Kier alpha value is -1.30. The van der Waals surface area contributed by atoms with Crippen molar-refractivity contribution in [3.8, 4) is 0 Å². The van der Waals surface area contributed by atoms with Crippen molar-refractivity contribution in [2.24, 2.45) is 0 Å². The summed E-state index contributed by atoms with van der Waals surface area (Å²) in [5.41, 5.74) is 0. The second-order valence-electron chi connectivity index (χ2n) is 5.16. The smallest absolute Gasteiger partial charge is 0.409 e. The molecule has 0 aliphatic carbocycles. The van der Waals surface area contributed by atoms with Crippen LogP contribution in [0.2, 0.25) is 0 Å². The molecular formula is C14H27N3O3. The molecule has 6 nitrogen and oxygen atoms in total. The van der Waals surface area contributed by atoms with Crippen LogP contribution in [0.15, 0.2) is 0 Å². The summed E-state index contributed by atoms with van der Waals surface area (Å²) in [5.74, 6) is 0.145. The van der Waals surface area contributed by atoms with E-state index in [0.717, 1.165) is 19.4 Å². The van der Waals surface area contributed by atoms with Gasteiger partial charge in [-0.1, -0.05) is 13.3 Å². The Morgan fingerprint density at radius 1 is 1.10 bits per heavy atom. The minimum atomic E-state index is -0.278. The minimum Gasteiger partial charge on any atom is -0.450 e. The minimum absolute atomic E-state index is 0.145. The summed E-state index contributed by atoms with van der Waals surface area (Å²) in [4.78, 5) is 29.2. The lowest BCUT2D eigenvalue weighted by molar-refractivity contribution is -0.133. The van der Waals surface area contributed by atoms with Gasteiger partial charge in [0.05, 0.1) is 13.2 Å². The first-order chi connectivity index (χ1) is 9.58. The van der Waals surface area contributed by atoms with Crippen molar-refractivity contribution in [3.63, 3.8) is 0 Å². The van der Waals surface area contributed by atoms with Gasteiger partial charge in [0.2, 0.25) is 5.91 Å². The molecule has 6 heteroatoms. The van der Waals surface area contributed by atoms with Crippen LogP contribution in [0.3, 0.4) is 0 Å². The standard InChI is InChI=1S/C14H27N3O3/c1-4-6-7-15(3)12-13(18)16-8-10-17(11-9-16)14(19)20-5-2/h4-12H2,1-3H3. The molecule has 116 valence electrons. The van der Waals surface area contributed by atoms with Crippen molar-refractivity contribution in [2.75, 3.05) is 52.9 Å². The Kier molecular flexibility index (Phi) is 7.36. The fourth-order valence-corrected chi connectivity index (χ4v) is 2.19. The molecule has 0 N–H and O–H groups in total. The lowest BCUT2D eigenvalue weighted by Gasteiger charge is -2.34. The maximum absolute atomic E-state index is 12.1. The van der Waals surface area contributed by atoms with Crippen LogP contribution >= 0.6 is 0 Å². The molecule has 0 spiro atoms. The van der Waals surface area contributed by atoms with Crippen LogP contribution in [0.5, 0.6) is 0 Å². The number of piperazine rings is 1. The summed E-state index contributed by atoms with van der Waals surface area (Å²) in [6, 6.07) is 0. The van der Waals surface area contributed by atoms with Crippen LogP contribution < -0.4 is 0 Å². The lowest BCUT2D eigenvalue weighted by atomic mass is 10.3. The summed E-state index contributed by atoms with van der Waals surface area (Å²) in [6.07, 6.45) is 1.97. The van der Waals surface area contributed by atoms with Crippen molar-refractivity contribution >= 4 is 12.0 Å². The molecule has 1 aliphatic heterocycles. The van der Waals surface area contributed by atoms with Crippen LogP contribution in [0.1, 0.15) is 26.7 Å². The molecule has 0 atom stereocenters. The first kappa shape index (κ1) is 16.8. The maximum atomic E-state index is 12.1. The molecule has 1 fully saturated rings. The van der Waals surface area contributed by atoms with Gasteiger partial charge in [-0.05, 0) is 26.9 Å². The van der Waals surface area contributed by atoms with Gasteiger partial charge in [-0.2, -0.15) is 0 Å². The number of carbonyl (C=O) groups is 2. The number of amides is 2. The van der Waals surface area contributed by atoms with Gasteiger partial charge in [0.1, 0.15) is 0 Å². The van der Waals surface area contributed by atoms with E-state index in [4.69, 9.17) is 4.74 Å². The first-order valence-electron chi connectivity index (χ1n) is 7.46. The third-order valence-corrected chi connectivity index (χ3v) is 3.46. The van der Waals surface area contributed by atoms with E-state index in [-0.39, 0.29) is 12.0 Å². The van der Waals surface area contributed by atoms with Crippen LogP contribution in [-0.4, -0.2) is 79.6 Å². The monoisotopic (exact) mass is 285 g/mol. The molecule has 20 heavy (non-hydrogen) atoms. The number of rotatable bonds is 6. The second-order valence-corrected chi connectivity index (χ2v) is 5.16. The molecule has 1 heterocycles. The van der Waals surface area contributed by atoms with Crippen molar-refractivity contribution in [3.05, 3.63) is 0 Å². The van der Waals surface area contributed by atoms with Gasteiger partial charge in [0, 0.05) is 26.2 Å². The molecular weight excluding hydrogens is 258 g/mol. The number of ether oxygens (including phenoxy) is 1. The number of nitrogens with zero attached hydrogens (tertiary/aromatic N) is 3. The largest absolute Gasteiger partial charge is 0.450 e. The number of unbranched alkanes of at least 4 members (excludes halogenated alkanes) is 1. The Bertz CT molecular complexity index is 315. The van der Waals surface area contributed by atoms with Gasteiger partial charge in [-0.15, -0.1) is 0 Å². The molecule has 0 aromatic carbocycles. The molecule has 0 bridgehead atoms. The molecule has 1 aliphatic rings. The van der Waals surface area contributed by atoms with Crippen molar-refractivity contribution in [1.29, 1.82) is 0 Å². The maximum Gasteiger partial charge on any atom is 0.409 e. The second kappa shape index (κ2) is 8.79. The molecule has 0 radical (unpaired) electrons. The van der Waals surface area contributed by atoms with Gasteiger partial charge in [-0.25, -0.2) is 4.79 Å². The highest BCUT2D eigenvalue weighted by molar-refractivity contribution is 5.78. The lowest BCUT2D eigenvalue weighted by Crippen LogP contribution is -2.52. The number of carbonyl (C=O) groups excluding carboxylic acids is 2. The van der Waals surface area contributed by atoms with Gasteiger partial charge in [0.25, 0.3) is 0 Å². The van der Waals surface area contributed by atoms with Gasteiger partial charge in [-0.3, -0.25) is 9.69 Å². The Balaban J connectivity index is 2.30. The molecule has 1 rings (SSSR count). The molecule has 0 aromatic rings. The first-order valence-corrected chi connectivity index (χ1v) is 7.46. The zero-order chi connectivity index (χ0) is 15.0. The van der Waals surface area contributed by atoms with E-state index in [0.29, 0.717) is 39.3 Å². The van der Waals surface area contributed by atoms with Crippen LogP contribution in [0.4, 0.5) is 4.79 Å². The normalized spacial score (nSPS) is 15.6. The van der Waals surface area contributed by atoms with E-state index >= 15 is 0 Å². The highest BCUT2D eigenvalue weighted by atomic mass is 16.6. The Morgan fingerprint density at radius 3 is 2.25 bits per heavy atom. The number of likely N-dealkylation sites (N-methyl/N-ethyl adjacent to an activating group) is 1. The Labute approximate surface area is 121 Å². The fraction of sp³-hybridized carbons (Fsp3) is 0.857. The molecule has 0 saturated carbocycles. The van der Waals surface area contributed by atoms with Gasteiger partial charge < -0.3 is 14.5 Å². The average Bonchev–Trinajstić information content (AvgIpc) is 2.45. The predicted octanol–water partition coefficient (Wildman–Crippen LogP) is 1.02. The molecule has 0 aromatic heterocycles. The summed E-state index contributed by atoms with van der Waals surface area (Å²) in [6.45, 7) is 8.05. The zero-order valence-corrected chi connectivity index (χ0v) is 12.9. The van der Waals surface area contributed by atoms with E-state index < -0.39 is 0 Å². The summed E-state index contributed by atoms with van der Waals surface area (Å²) < 4.78 is 4.96. The van der Waals surface area contributed by atoms with Crippen molar-refractivity contribution in [1.82, 2.24) is 14.7 Å². The van der Waals surface area contributed by atoms with Gasteiger partial charge >= 0.3 is 6.09 Å². The predicted molar refractivity (Wildman–Crippen MR) is 77.6 cm³/mol. The van der Waals surface area contributed by atoms with E-state index in [1.807, 2.05) is 11.9 Å². The third kappa shape index (κ3) is 5.36. The quantitative estimate of drug-likeness (QED) is 0.731. The zero-order valence-electron chi connectivity index (χ0n) is 12.9. The van der Waals surface area contributed by atoms with E-state index in [9.17, 15) is 9.59 Å². The van der Waals surface area contributed by atoms with Crippen molar-refractivity contribution < 1.29 is 14.3 Å². The number of hydrogen-bond acceptors (Lipinski definition) is 4. The van der Waals surface area contributed by atoms with Crippen LogP contribution in [0.25, 0.3) is 0 Å². The molecule has 2 amide bonds. The Morgan fingerprint density at radius 2 is 1.70 bits per heavy atom. The van der Waals surface area contributed by atoms with Crippen molar-refractivity contribution in [2.45, 2.75) is 26.7 Å². The summed E-state index contributed by atoms with van der Waals surface area (Å²) in [5, 5.41) is 0. The average molecular weight is 285 g/mol. The summed E-state index contributed by atoms with van der Waals surface area (Å²) in [7, 11) is 1.97. The van der Waals surface area contributed by atoms with Gasteiger partial charge in [0.15, 0.2) is 0 Å². The van der Waals surface area contributed by atoms with E-state index in [1.165, 1.54) is 0 Å². The number of hydrogen-bond donors (Lipinski definition) is 0. The van der Waals surface area contributed by atoms with Crippen LogP contribution in [-0.2, 0) is 9.53 Å². The summed E-state index contributed by atoms with van der Waals surface area (Å²) >= 11 is 0. The van der Waals surface area contributed by atoms with E-state index in [1.54, 1.807) is 11.8 Å². The topological polar surface area (TPSA) is 53.1 Å². The highest BCUT2D eigenvalue weighted by Gasteiger charge is 2.25. The fourth-order valence-electron chi connectivity index (χ4n) is 2.19.